The van der Waals surface area contributed by atoms with Crippen molar-refractivity contribution >= 4 is 11.7 Å². The van der Waals surface area contributed by atoms with Crippen LogP contribution in [0.25, 0.3) is 0 Å². The quantitative estimate of drug-likeness (QED) is 0.819. The van der Waals surface area contributed by atoms with Crippen LogP contribution >= 0.6 is 0 Å². The molecule has 0 bridgehead atoms. The number of benzene rings is 1. The van der Waals surface area contributed by atoms with E-state index in [0.717, 1.165) is 49.8 Å². The third kappa shape index (κ3) is 4.42. The van der Waals surface area contributed by atoms with Gasteiger partial charge in [0.2, 0.25) is 0 Å². The predicted molar refractivity (Wildman–Crippen MR) is 98.5 cm³/mol. The lowest BCUT2D eigenvalue weighted by Crippen LogP contribution is -2.32. The summed E-state index contributed by atoms with van der Waals surface area (Å²) in [6.07, 6.45) is 4.68. The van der Waals surface area contributed by atoms with Gasteiger partial charge in [0.1, 0.15) is 5.82 Å². The lowest BCUT2D eigenvalue weighted by Gasteiger charge is -2.18. The van der Waals surface area contributed by atoms with Gasteiger partial charge in [0.25, 0.3) is 5.91 Å². The summed E-state index contributed by atoms with van der Waals surface area (Å²) in [6, 6.07) is 8.22. The highest BCUT2D eigenvalue weighted by molar-refractivity contribution is 5.94. The Labute approximate surface area is 156 Å². The summed E-state index contributed by atoms with van der Waals surface area (Å²) in [4.78, 5) is 18.6. The molecule has 142 valence electrons. The zero-order valence-electron chi connectivity index (χ0n) is 14.9. The second kappa shape index (κ2) is 7.60. The first-order valence-electron chi connectivity index (χ1n) is 9.27. The minimum Gasteiger partial charge on any atom is -0.355 e. The van der Waals surface area contributed by atoms with Crippen molar-refractivity contribution in [1.29, 1.82) is 0 Å². The van der Waals surface area contributed by atoms with Gasteiger partial charge in [0, 0.05) is 37.9 Å². The zero-order valence-corrected chi connectivity index (χ0v) is 14.9. The van der Waals surface area contributed by atoms with Gasteiger partial charge >= 0.3 is 0 Å². The molecule has 1 atom stereocenters. The fourth-order valence-corrected chi connectivity index (χ4v) is 3.25. The maximum Gasteiger partial charge on any atom is 0.253 e. The molecule has 1 aliphatic heterocycles. The number of carbonyl (C=O) groups is 1. The number of hydrogen-bond acceptors (Lipinski definition) is 4. The Bertz CT molecular complexity index is 823. The van der Waals surface area contributed by atoms with Gasteiger partial charge in [-0.3, -0.25) is 4.79 Å². The number of nitrogens with zero attached hydrogens (tertiary/aromatic N) is 2. The number of pyridine rings is 1. The third-order valence-electron chi connectivity index (χ3n) is 5.01. The standard InChI is InChI=1S/C20H22F2N4O/c21-17-5-1-13(9-18(17)22)10-23-16-7-8-26(12-16)19-6-2-14(11-24-19)20(27)25-15-3-4-15/h1-2,5-6,9,11,15-16,23H,3-4,7-8,10,12H2,(H,25,27)/t16-/m0/s1. The normalized spacial score (nSPS) is 19.3. The van der Waals surface area contributed by atoms with Crippen LogP contribution < -0.4 is 15.5 Å². The maximum atomic E-state index is 13.3. The molecule has 0 radical (unpaired) electrons. The summed E-state index contributed by atoms with van der Waals surface area (Å²) in [5.74, 6) is -0.873. The highest BCUT2D eigenvalue weighted by Gasteiger charge is 2.25. The summed E-state index contributed by atoms with van der Waals surface area (Å²) in [7, 11) is 0. The third-order valence-corrected chi connectivity index (χ3v) is 5.01. The monoisotopic (exact) mass is 372 g/mol. The Morgan fingerprint density at radius 3 is 2.67 bits per heavy atom. The van der Waals surface area contributed by atoms with Crippen LogP contribution in [-0.2, 0) is 6.54 Å². The number of amides is 1. The largest absolute Gasteiger partial charge is 0.355 e. The van der Waals surface area contributed by atoms with Crippen molar-refractivity contribution in [2.75, 3.05) is 18.0 Å². The number of rotatable bonds is 6. The minimum absolute atomic E-state index is 0.0657. The van der Waals surface area contributed by atoms with Crippen molar-refractivity contribution in [1.82, 2.24) is 15.6 Å². The first-order valence-corrected chi connectivity index (χ1v) is 9.27. The summed E-state index contributed by atoms with van der Waals surface area (Å²) in [6.45, 7) is 2.13. The first kappa shape index (κ1) is 17.9. The number of nitrogens with one attached hydrogen (secondary N) is 2. The van der Waals surface area contributed by atoms with Gasteiger partial charge in [0.05, 0.1) is 5.56 Å². The molecule has 7 heteroatoms. The van der Waals surface area contributed by atoms with Crippen LogP contribution in [0.3, 0.4) is 0 Å². The van der Waals surface area contributed by atoms with Crippen LogP contribution in [0.2, 0.25) is 0 Å². The van der Waals surface area contributed by atoms with E-state index in [0.29, 0.717) is 18.2 Å². The maximum absolute atomic E-state index is 13.3. The first-order chi connectivity index (χ1) is 13.1. The average molecular weight is 372 g/mol. The Kier molecular flexibility index (Phi) is 5.03. The van der Waals surface area contributed by atoms with E-state index in [-0.39, 0.29) is 11.9 Å². The van der Waals surface area contributed by atoms with E-state index in [4.69, 9.17) is 0 Å². The van der Waals surface area contributed by atoms with Crippen LogP contribution in [0.1, 0.15) is 35.2 Å². The Morgan fingerprint density at radius 1 is 1.11 bits per heavy atom. The molecule has 2 aliphatic rings. The number of halogens is 2. The molecular formula is C20H22F2N4O. The Hall–Kier alpha value is -2.54. The number of carbonyl (C=O) groups excluding carboxylic acids is 1. The van der Waals surface area contributed by atoms with Crippen LogP contribution in [-0.4, -0.2) is 36.1 Å². The molecular weight excluding hydrogens is 350 g/mol. The molecule has 5 nitrogen and oxygen atoms in total. The molecule has 2 aromatic rings. The molecule has 2 heterocycles. The minimum atomic E-state index is -0.828. The SMILES string of the molecule is O=C(NC1CC1)c1ccc(N2CC[C@H](NCc3ccc(F)c(F)c3)C2)nc1. The molecule has 2 N–H and O–H groups in total. The van der Waals surface area contributed by atoms with Gasteiger partial charge in [-0.25, -0.2) is 13.8 Å². The van der Waals surface area contributed by atoms with Crippen molar-refractivity contribution in [3.8, 4) is 0 Å². The summed E-state index contributed by atoms with van der Waals surface area (Å²) < 4.78 is 26.3. The predicted octanol–water partition coefficient (Wildman–Crippen LogP) is 2.62. The lowest BCUT2D eigenvalue weighted by atomic mass is 10.2. The van der Waals surface area contributed by atoms with Crippen molar-refractivity contribution in [2.45, 2.75) is 37.9 Å². The lowest BCUT2D eigenvalue weighted by molar-refractivity contribution is 0.0950. The van der Waals surface area contributed by atoms with Gasteiger partial charge < -0.3 is 15.5 Å². The second-order valence-electron chi connectivity index (χ2n) is 7.21. The zero-order chi connectivity index (χ0) is 18.8. The molecule has 2 fully saturated rings. The summed E-state index contributed by atoms with van der Waals surface area (Å²) >= 11 is 0. The van der Waals surface area contributed by atoms with Crippen LogP contribution in [0.4, 0.5) is 14.6 Å². The summed E-state index contributed by atoms with van der Waals surface area (Å²) in [5, 5.41) is 6.33. The van der Waals surface area contributed by atoms with Gasteiger partial charge in [-0.05, 0) is 49.1 Å². The second-order valence-corrected chi connectivity index (χ2v) is 7.21. The molecule has 27 heavy (non-hydrogen) atoms. The highest BCUT2D eigenvalue weighted by atomic mass is 19.2. The highest BCUT2D eigenvalue weighted by Crippen LogP contribution is 2.21. The van der Waals surface area contributed by atoms with Gasteiger partial charge in [0.15, 0.2) is 11.6 Å². The van der Waals surface area contributed by atoms with E-state index in [2.05, 4.69) is 20.5 Å². The number of anilines is 1. The molecule has 1 amide bonds. The van der Waals surface area contributed by atoms with E-state index < -0.39 is 11.6 Å². The molecule has 1 aromatic heterocycles. The van der Waals surface area contributed by atoms with Crippen molar-refractivity contribution in [3.05, 3.63) is 59.3 Å². The van der Waals surface area contributed by atoms with Gasteiger partial charge in [-0.1, -0.05) is 6.07 Å². The van der Waals surface area contributed by atoms with Crippen molar-refractivity contribution in [3.63, 3.8) is 0 Å². The molecule has 1 aromatic carbocycles. The summed E-state index contributed by atoms with van der Waals surface area (Å²) in [5.41, 5.74) is 1.30. The smallest absolute Gasteiger partial charge is 0.253 e. The van der Waals surface area contributed by atoms with Crippen LogP contribution in [0, 0.1) is 11.6 Å². The van der Waals surface area contributed by atoms with Gasteiger partial charge in [-0.15, -0.1) is 0 Å². The molecule has 1 saturated carbocycles. The number of aromatic nitrogens is 1. The number of hydrogen-bond donors (Lipinski definition) is 2. The van der Waals surface area contributed by atoms with Crippen LogP contribution in [0.5, 0.6) is 0 Å². The molecule has 0 unspecified atom stereocenters. The van der Waals surface area contributed by atoms with Crippen LogP contribution in [0.15, 0.2) is 36.5 Å². The fraction of sp³-hybridized carbons (Fsp3) is 0.400. The van der Waals surface area contributed by atoms with Crippen molar-refractivity contribution in [2.24, 2.45) is 0 Å². The van der Waals surface area contributed by atoms with E-state index in [1.54, 1.807) is 12.3 Å². The molecule has 1 aliphatic carbocycles. The fourth-order valence-electron chi connectivity index (χ4n) is 3.25. The van der Waals surface area contributed by atoms with Crippen molar-refractivity contribution < 1.29 is 13.6 Å². The Balaban J connectivity index is 1.29. The van der Waals surface area contributed by atoms with Gasteiger partial charge in [-0.2, -0.15) is 0 Å². The Morgan fingerprint density at radius 2 is 1.96 bits per heavy atom. The van der Waals surface area contributed by atoms with E-state index >= 15 is 0 Å². The average Bonchev–Trinajstić information content (AvgIpc) is 3.36. The molecule has 4 rings (SSSR count). The van der Waals surface area contributed by atoms with E-state index in [1.165, 1.54) is 6.07 Å². The van der Waals surface area contributed by atoms with E-state index in [9.17, 15) is 13.6 Å². The topological polar surface area (TPSA) is 57.3 Å². The van der Waals surface area contributed by atoms with E-state index in [1.807, 2.05) is 12.1 Å². The molecule has 0 spiro atoms. The molecule has 1 saturated heterocycles.